The number of hydrogen-bond donors (Lipinski definition) is 2. The third-order valence-corrected chi connectivity index (χ3v) is 8.23. The number of fused-ring (bicyclic) bond motifs is 5. The first kappa shape index (κ1) is 18.8. The molecule has 3 saturated carbocycles. The van der Waals surface area contributed by atoms with Crippen LogP contribution in [0.1, 0.15) is 40.0 Å². The Morgan fingerprint density at radius 2 is 1.93 bits per heavy atom. The Bertz CT molecular complexity index is 776. The zero-order chi connectivity index (χ0) is 19.9. The monoisotopic (exact) mass is 380 g/mol. The van der Waals surface area contributed by atoms with Crippen molar-refractivity contribution in [1.29, 1.82) is 0 Å². The molecule has 3 fully saturated rings. The topological polar surface area (TPSA) is 74.6 Å². The van der Waals surface area contributed by atoms with Gasteiger partial charge in [-0.25, -0.2) is 8.78 Å². The highest BCUT2D eigenvalue weighted by Crippen LogP contribution is 2.69. The molecule has 9 atom stereocenters. The Labute approximate surface area is 157 Å². The first-order valence-electron chi connectivity index (χ1n) is 9.66. The summed E-state index contributed by atoms with van der Waals surface area (Å²) >= 11 is 0. The molecule has 0 amide bonds. The van der Waals surface area contributed by atoms with Crippen molar-refractivity contribution < 1.29 is 28.6 Å². The maximum atomic E-state index is 16.7. The highest BCUT2D eigenvalue weighted by Gasteiger charge is 2.73. The molecule has 0 saturated heterocycles. The summed E-state index contributed by atoms with van der Waals surface area (Å²) in [4.78, 5) is 23.7. The van der Waals surface area contributed by atoms with Gasteiger partial charge in [0.15, 0.2) is 11.5 Å². The van der Waals surface area contributed by atoms with Gasteiger partial charge in [0.1, 0.15) is 6.17 Å². The first-order valence-corrected chi connectivity index (χ1v) is 9.66. The fourth-order valence-corrected chi connectivity index (χ4v) is 7.10. The van der Waals surface area contributed by atoms with E-state index in [4.69, 9.17) is 0 Å². The molecule has 0 radical (unpaired) electrons. The van der Waals surface area contributed by atoms with Gasteiger partial charge in [0.2, 0.25) is 0 Å². The SMILES string of the molecule is CC1C[C@H]2[C@@H]3CC(F)C4=CC(=O)C=C[C@]4(C)[C@@]3(F)C(O)C[C@]2(C)C1C(=O)O. The van der Waals surface area contributed by atoms with Crippen LogP contribution in [0, 0.1) is 34.5 Å². The lowest BCUT2D eigenvalue weighted by Gasteiger charge is -2.62. The van der Waals surface area contributed by atoms with Crippen molar-refractivity contribution in [2.24, 2.45) is 34.5 Å². The number of carboxylic acid groups (broad SMARTS) is 1. The minimum atomic E-state index is -2.13. The minimum Gasteiger partial charge on any atom is -0.481 e. The molecule has 148 valence electrons. The fourth-order valence-electron chi connectivity index (χ4n) is 7.10. The van der Waals surface area contributed by atoms with Gasteiger partial charge in [-0.2, -0.15) is 0 Å². The number of halogens is 2. The summed E-state index contributed by atoms with van der Waals surface area (Å²) < 4.78 is 31.8. The Balaban J connectivity index is 1.86. The van der Waals surface area contributed by atoms with E-state index >= 15 is 8.78 Å². The lowest BCUT2D eigenvalue weighted by molar-refractivity contribution is -0.204. The second kappa shape index (κ2) is 5.49. The third-order valence-electron chi connectivity index (χ3n) is 8.23. The molecule has 4 rings (SSSR count). The van der Waals surface area contributed by atoms with Crippen molar-refractivity contribution in [1.82, 2.24) is 0 Å². The Kier molecular flexibility index (Phi) is 3.82. The van der Waals surface area contributed by atoms with Gasteiger partial charge in [0.25, 0.3) is 0 Å². The van der Waals surface area contributed by atoms with Crippen molar-refractivity contribution in [3.8, 4) is 0 Å². The van der Waals surface area contributed by atoms with Crippen LogP contribution < -0.4 is 0 Å². The van der Waals surface area contributed by atoms with Crippen molar-refractivity contribution in [2.75, 3.05) is 0 Å². The van der Waals surface area contributed by atoms with Gasteiger partial charge in [-0.3, -0.25) is 9.59 Å². The van der Waals surface area contributed by atoms with Gasteiger partial charge >= 0.3 is 5.97 Å². The number of allylic oxidation sites excluding steroid dienone is 4. The maximum Gasteiger partial charge on any atom is 0.307 e. The summed E-state index contributed by atoms with van der Waals surface area (Å²) in [6.07, 6.45) is 1.31. The molecule has 2 N–H and O–H groups in total. The number of ketones is 1. The molecular formula is C21H26F2O4. The minimum absolute atomic E-state index is 0.0214. The quantitative estimate of drug-likeness (QED) is 0.732. The van der Waals surface area contributed by atoms with E-state index in [2.05, 4.69) is 0 Å². The third kappa shape index (κ3) is 2.11. The number of carboxylic acids is 1. The molecule has 6 heteroatoms. The summed E-state index contributed by atoms with van der Waals surface area (Å²) in [6, 6.07) is 0. The average Bonchev–Trinajstić information content (AvgIpc) is 2.82. The summed E-state index contributed by atoms with van der Waals surface area (Å²) in [5.41, 5.74) is -4.22. The molecule has 0 aromatic heterocycles. The second-order valence-corrected chi connectivity index (χ2v) is 9.48. The van der Waals surface area contributed by atoms with Gasteiger partial charge in [-0.15, -0.1) is 0 Å². The lowest BCUT2D eigenvalue weighted by Crippen LogP contribution is -2.68. The van der Waals surface area contributed by atoms with E-state index < -0.39 is 46.6 Å². The molecule has 4 unspecified atom stereocenters. The number of carbonyl (C=O) groups excluding carboxylic acids is 1. The second-order valence-electron chi connectivity index (χ2n) is 9.48. The van der Waals surface area contributed by atoms with Crippen LogP contribution in [0.15, 0.2) is 23.8 Å². The summed E-state index contributed by atoms with van der Waals surface area (Å²) in [5, 5.41) is 20.7. The molecule has 0 spiro atoms. The smallest absolute Gasteiger partial charge is 0.307 e. The summed E-state index contributed by atoms with van der Waals surface area (Å²) in [6.45, 7) is 5.21. The van der Waals surface area contributed by atoms with Crippen LogP contribution in [-0.2, 0) is 9.59 Å². The van der Waals surface area contributed by atoms with Crippen molar-refractivity contribution in [3.63, 3.8) is 0 Å². The molecule has 0 aromatic rings. The van der Waals surface area contributed by atoms with Gasteiger partial charge in [-0.05, 0) is 61.2 Å². The maximum absolute atomic E-state index is 16.7. The van der Waals surface area contributed by atoms with E-state index in [0.29, 0.717) is 6.42 Å². The van der Waals surface area contributed by atoms with E-state index in [1.807, 2.05) is 13.8 Å². The van der Waals surface area contributed by atoms with Crippen molar-refractivity contribution in [2.45, 2.75) is 58.0 Å². The van der Waals surface area contributed by atoms with Crippen LogP contribution >= 0.6 is 0 Å². The molecule has 0 aliphatic heterocycles. The van der Waals surface area contributed by atoms with Crippen LogP contribution in [0.25, 0.3) is 0 Å². The van der Waals surface area contributed by atoms with Gasteiger partial charge in [0, 0.05) is 11.3 Å². The van der Waals surface area contributed by atoms with Crippen molar-refractivity contribution in [3.05, 3.63) is 23.8 Å². The molecule has 0 aromatic carbocycles. The predicted molar refractivity (Wildman–Crippen MR) is 94.3 cm³/mol. The van der Waals surface area contributed by atoms with Crippen LogP contribution in [-0.4, -0.2) is 39.9 Å². The molecule has 27 heavy (non-hydrogen) atoms. The number of carbonyl (C=O) groups is 2. The Morgan fingerprint density at radius 3 is 2.56 bits per heavy atom. The summed E-state index contributed by atoms with van der Waals surface area (Å²) in [7, 11) is 0. The lowest BCUT2D eigenvalue weighted by atomic mass is 9.45. The zero-order valence-corrected chi connectivity index (χ0v) is 15.8. The Morgan fingerprint density at radius 1 is 1.26 bits per heavy atom. The van der Waals surface area contributed by atoms with E-state index in [9.17, 15) is 19.8 Å². The number of aliphatic hydroxyl groups is 1. The average molecular weight is 380 g/mol. The number of alkyl halides is 2. The number of aliphatic hydroxyl groups excluding tert-OH is 1. The molecule has 4 aliphatic rings. The highest BCUT2D eigenvalue weighted by molar-refractivity contribution is 6.01. The van der Waals surface area contributed by atoms with Crippen LogP contribution in [0.3, 0.4) is 0 Å². The number of hydrogen-bond acceptors (Lipinski definition) is 3. The number of rotatable bonds is 1. The molecule has 4 aliphatic carbocycles. The molecule has 0 heterocycles. The van der Waals surface area contributed by atoms with Crippen molar-refractivity contribution >= 4 is 11.8 Å². The zero-order valence-electron chi connectivity index (χ0n) is 15.8. The van der Waals surface area contributed by atoms with E-state index in [0.717, 1.165) is 0 Å². The van der Waals surface area contributed by atoms with E-state index in [1.54, 1.807) is 6.92 Å². The first-order chi connectivity index (χ1) is 12.5. The van der Waals surface area contributed by atoms with Crippen LogP contribution in [0.5, 0.6) is 0 Å². The standard InChI is InChI=1S/C21H26F2O4/c1-10-6-12-13-8-15(22)14-7-11(24)4-5-20(14,3)21(13,23)16(25)9-19(12,2)17(10)18(26)27/h4-5,7,10,12-13,15-17,25H,6,8-9H2,1-3H3,(H,26,27)/t10?,12-,13-,15?,16?,17?,19-,20-,21-/m0/s1. The van der Waals surface area contributed by atoms with Crippen LogP contribution in [0.4, 0.5) is 8.78 Å². The van der Waals surface area contributed by atoms with Gasteiger partial charge < -0.3 is 10.2 Å². The largest absolute Gasteiger partial charge is 0.481 e. The molecular weight excluding hydrogens is 354 g/mol. The van der Waals surface area contributed by atoms with E-state index in [1.165, 1.54) is 18.2 Å². The molecule has 4 nitrogen and oxygen atoms in total. The normalized spacial score (nSPS) is 54.0. The Hall–Kier alpha value is -1.56. The van der Waals surface area contributed by atoms with Gasteiger partial charge in [0.05, 0.1) is 12.0 Å². The fraction of sp³-hybridized carbons (Fsp3) is 0.714. The number of aliphatic carboxylic acids is 1. The van der Waals surface area contributed by atoms with Crippen LogP contribution in [0.2, 0.25) is 0 Å². The summed E-state index contributed by atoms with van der Waals surface area (Å²) in [5.74, 6) is -3.29. The highest BCUT2D eigenvalue weighted by atomic mass is 19.1. The van der Waals surface area contributed by atoms with Gasteiger partial charge in [-0.1, -0.05) is 19.9 Å². The molecule has 0 bridgehead atoms. The van der Waals surface area contributed by atoms with E-state index in [-0.39, 0.29) is 36.0 Å². The predicted octanol–water partition coefficient (Wildman–Crippen LogP) is 3.25.